The van der Waals surface area contributed by atoms with Crippen molar-refractivity contribution in [3.05, 3.63) is 0 Å². The van der Waals surface area contributed by atoms with Crippen molar-refractivity contribution in [3.8, 4) is 0 Å². The second-order valence-electron chi connectivity index (χ2n) is 4.17. The Kier molecular flexibility index (Phi) is 5.05. The van der Waals surface area contributed by atoms with Gasteiger partial charge in [0.05, 0.1) is 6.10 Å². The van der Waals surface area contributed by atoms with Crippen LogP contribution in [-0.4, -0.2) is 61.1 Å². The maximum Gasteiger partial charge on any atom is 0.248 e. The van der Waals surface area contributed by atoms with Gasteiger partial charge in [0.1, 0.15) is 6.61 Å². The van der Waals surface area contributed by atoms with Crippen LogP contribution in [0.5, 0.6) is 0 Å². The number of piperazine rings is 1. The fourth-order valence-electron chi connectivity index (χ4n) is 1.64. The third-order valence-corrected chi connectivity index (χ3v) is 2.71. The number of hydrogen-bond donors (Lipinski definition) is 0. The highest BCUT2D eigenvalue weighted by atomic mass is 16.5. The van der Waals surface area contributed by atoms with Crippen LogP contribution < -0.4 is 0 Å². The number of hydrogen-bond acceptors (Lipinski definition) is 3. The van der Waals surface area contributed by atoms with Crippen LogP contribution in [-0.2, 0) is 9.53 Å². The van der Waals surface area contributed by atoms with E-state index < -0.39 is 0 Å². The largest absolute Gasteiger partial charge is 0.369 e. The van der Waals surface area contributed by atoms with E-state index in [9.17, 15) is 4.79 Å². The third kappa shape index (κ3) is 4.18. The Balaban J connectivity index is 2.24. The van der Waals surface area contributed by atoms with Gasteiger partial charge in [-0.2, -0.15) is 0 Å². The summed E-state index contributed by atoms with van der Waals surface area (Å²) in [5.41, 5.74) is 0. The van der Waals surface area contributed by atoms with Gasteiger partial charge in [-0.15, -0.1) is 0 Å². The van der Waals surface area contributed by atoms with E-state index in [2.05, 4.69) is 11.8 Å². The molecule has 1 rings (SSSR count). The molecule has 88 valence electrons. The van der Waals surface area contributed by atoms with E-state index in [1.807, 2.05) is 18.7 Å². The minimum atomic E-state index is 0.124. The van der Waals surface area contributed by atoms with Crippen molar-refractivity contribution in [2.75, 3.05) is 39.3 Å². The number of nitrogens with zero attached hydrogens (tertiary/aromatic N) is 2. The highest BCUT2D eigenvalue weighted by Crippen LogP contribution is 2.02. The molecule has 1 fully saturated rings. The van der Waals surface area contributed by atoms with E-state index in [0.717, 1.165) is 32.7 Å². The molecule has 0 atom stereocenters. The lowest BCUT2D eigenvalue weighted by Crippen LogP contribution is -2.49. The molecule has 1 saturated heterocycles. The van der Waals surface area contributed by atoms with Crippen LogP contribution in [0.15, 0.2) is 0 Å². The van der Waals surface area contributed by atoms with Crippen LogP contribution in [0.3, 0.4) is 0 Å². The van der Waals surface area contributed by atoms with Gasteiger partial charge in [-0.1, -0.05) is 6.92 Å². The van der Waals surface area contributed by atoms with Crippen LogP contribution in [0.1, 0.15) is 20.8 Å². The Bertz CT molecular complexity index is 199. The van der Waals surface area contributed by atoms with Gasteiger partial charge < -0.3 is 14.5 Å². The van der Waals surface area contributed by atoms with Gasteiger partial charge >= 0.3 is 0 Å². The van der Waals surface area contributed by atoms with Gasteiger partial charge in [-0.05, 0) is 20.4 Å². The van der Waals surface area contributed by atoms with Gasteiger partial charge in [-0.3, -0.25) is 4.79 Å². The summed E-state index contributed by atoms with van der Waals surface area (Å²) in [4.78, 5) is 15.9. The Morgan fingerprint density at radius 2 is 1.87 bits per heavy atom. The molecule has 4 nitrogen and oxygen atoms in total. The molecule has 0 unspecified atom stereocenters. The summed E-state index contributed by atoms with van der Waals surface area (Å²) in [6.07, 6.45) is 0.130. The molecule has 0 aromatic carbocycles. The molecular weight excluding hydrogens is 192 g/mol. The molecule has 1 aliphatic heterocycles. The summed E-state index contributed by atoms with van der Waals surface area (Å²) in [7, 11) is 0. The van der Waals surface area contributed by atoms with E-state index in [4.69, 9.17) is 4.74 Å². The highest BCUT2D eigenvalue weighted by Gasteiger charge is 2.19. The molecular formula is C11H22N2O2. The summed E-state index contributed by atoms with van der Waals surface area (Å²) in [6.45, 7) is 11.0. The molecule has 1 heterocycles. The number of carbonyl (C=O) groups is 1. The normalized spacial score (nSPS) is 18.5. The average molecular weight is 214 g/mol. The average Bonchev–Trinajstić information content (AvgIpc) is 2.26. The molecule has 0 bridgehead atoms. The molecule has 1 amide bonds. The van der Waals surface area contributed by atoms with Crippen LogP contribution >= 0.6 is 0 Å². The van der Waals surface area contributed by atoms with E-state index in [0.29, 0.717) is 0 Å². The van der Waals surface area contributed by atoms with E-state index in [1.54, 1.807) is 0 Å². The lowest BCUT2D eigenvalue weighted by Gasteiger charge is -2.34. The Morgan fingerprint density at radius 3 is 2.33 bits per heavy atom. The van der Waals surface area contributed by atoms with E-state index in [1.165, 1.54) is 0 Å². The Hall–Kier alpha value is -0.610. The number of ether oxygens (including phenoxy) is 1. The van der Waals surface area contributed by atoms with Crippen LogP contribution in [0.25, 0.3) is 0 Å². The van der Waals surface area contributed by atoms with Gasteiger partial charge in [0, 0.05) is 26.2 Å². The zero-order valence-corrected chi connectivity index (χ0v) is 10.0. The first-order valence-electron chi connectivity index (χ1n) is 5.75. The Morgan fingerprint density at radius 1 is 1.27 bits per heavy atom. The van der Waals surface area contributed by atoms with Gasteiger partial charge in [0.25, 0.3) is 0 Å². The highest BCUT2D eigenvalue weighted by molar-refractivity contribution is 5.77. The molecule has 1 aliphatic rings. The fraction of sp³-hybridized carbons (Fsp3) is 0.909. The number of rotatable bonds is 4. The zero-order valence-electron chi connectivity index (χ0n) is 10.0. The lowest BCUT2D eigenvalue weighted by atomic mass is 10.3. The first-order valence-corrected chi connectivity index (χ1v) is 5.75. The standard InChI is InChI=1S/C11H22N2O2/c1-4-12-5-7-13(8-6-12)11(14)9-15-10(2)3/h10H,4-9H2,1-3H3. The molecule has 0 aromatic heterocycles. The van der Waals surface area contributed by atoms with E-state index in [-0.39, 0.29) is 18.6 Å². The zero-order chi connectivity index (χ0) is 11.3. The first kappa shape index (κ1) is 12.5. The molecule has 0 saturated carbocycles. The molecule has 0 aromatic rings. The number of carbonyl (C=O) groups excluding carboxylic acids is 1. The summed E-state index contributed by atoms with van der Waals surface area (Å²) >= 11 is 0. The van der Waals surface area contributed by atoms with Gasteiger partial charge in [0.2, 0.25) is 5.91 Å². The Labute approximate surface area is 92.2 Å². The minimum Gasteiger partial charge on any atom is -0.369 e. The second kappa shape index (κ2) is 6.08. The molecule has 0 aliphatic carbocycles. The van der Waals surface area contributed by atoms with Gasteiger partial charge in [-0.25, -0.2) is 0 Å². The number of likely N-dealkylation sites (N-methyl/N-ethyl adjacent to an activating group) is 1. The van der Waals surface area contributed by atoms with Crippen molar-refractivity contribution >= 4 is 5.91 Å². The van der Waals surface area contributed by atoms with Crippen molar-refractivity contribution < 1.29 is 9.53 Å². The minimum absolute atomic E-state index is 0.124. The van der Waals surface area contributed by atoms with Crippen LogP contribution in [0.2, 0.25) is 0 Å². The fourth-order valence-corrected chi connectivity index (χ4v) is 1.64. The summed E-state index contributed by atoms with van der Waals surface area (Å²) in [6, 6.07) is 0. The first-order chi connectivity index (χ1) is 7.13. The predicted octanol–water partition coefficient (Wildman–Crippen LogP) is 0.575. The van der Waals surface area contributed by atoms with Crippen LogP contribution in [0.4, 0.5) is 0 Å². The van der Waals surface area contributed by atoms with Crippen molar-refractivity contribution in [2.45, 2.75) is 26.9 Å². The van der Waals surface area contributed by atoms with Crippen molar-refractivity contribution in [1.82, 2.24) is 9.80 Å². The number of amides is 1. The van der Waals surface area contributed by atoms with E-state index >= 15 is 0 Å². The summed E-state index contributed by atoms with van der Waals surface area (Å²) < 4.78 is 5.31. The SMILES string of the molecule is CCN1CCN(C(=O)COC(C)C)CC1. The topological polar surface area (TPSA) is 32.8 Å². The third-order valence-electron chi connectivity index (χ3n) is 2.71. The van der Waals surface area contributed by atoms with Crippen molar-refractivity contribution in [3.63, 3.8) is 0 Å². The quantitative estimate of drug-likeness (QED) is 0.686. The summed E-state index contributed by atoms with van der Waals surface area (Å²) in [5.74, 6) is 0.124. The van der Waals surface area contributed by atoms with Gasteiger partial charge in [0.15, 0.2) is 0 Å². The monoisotopic (exact) mass is 214 g/mol. The maximum atomic E-state index is 11.7. The lowest BCUT2D eigenvalue weighted by molar-refractivity contribution is -0.139. The van der Waals surface area contributed by atoms with Crippen LogP contribution in [0, 0.1) is 0 Å². The van der Waals surface area contributed by atoms with Crippen molar-refractivity contribution in [1.29, 1.82) is 0 Å². The molecule has 0 N–H and O–H groups in total. The molecule has 0 spiro atoms. The van der Waals surface area contributed by atoms with Crippen molar-refractivity contribution in [2.24, 2.45) is 0 Å². The smallest absolute Gasteiger partial charge is 0.248 e. The molecule has 4 heteroatoms. The maximum absolute atomic E-state index is 11.7. The molecule has 15 heavy (non-hydrogen) atoms. The molecule has 0 radical (unpaired) electrons. The predicted molar refractivity (Wildman–Crippen MR) is 59.8 cm³/mol. The summed E-state index contributed by atoms with van der Waals surface area (Å²) in [5, 5.41) is 0. The second-order valence-corrected chi connectivity index (χ2v) is 4.17.